The van der Waals surface area contributed by atoms with E-state index < -0.39 is 29.5 Å². The van der Waals surface area contributed by atoms with Crippen molar-refractivity contribution >= 4 is 23.6 Å². The van der Waals surface area contributed by atoms with E-state index >= 15 is 0 Å². The molecule has 6 nitrogen and oxygen atoms in total. The number of fused-ring (bicyclic) bond motifs is 1. The molecule has 110 valence electrons. The first-order valence-corrected chi connectivity index (χ1v) is 6.42. The standard InChI is InChI=1S/C15H15NO5/c1-8-4-5-10-11(6-8)14(19)16(13(10)18)7-12(9(2)17)15(20)21-3/h4-6,12H,7H2,1-3H3/t12-/m0/s1. The predicted molar refractivity (Wildman–Crippen MR) is 72.7 cm³/mol. The Morgan fingerprint density at radius 2 is 1.81 bits per heavy atom. The average Bonchev–Trinajstić information content (AvgIpc) is 2.67. The van der Waals surface area contributed by atoms with E-state index in [2.05, 4.69) is 4.74 Å². The van der Waals surface area contributed by atoms with Crippen molar-refractivity contribution in [1.82, 2.24) is 4.90 Å². The SMILES string of the molecule is COC(=O)[C@@H](CN1C(=O)c2ccc(C)cc2C1=O)C(C)=O. The number of ketones is 1. The van der Waals surface area contributed by atoms with Gasteiger partial charge in [-0.2, -0.15) is 0 Å². The molecule has 0 saturated heterocycles. The lowest BCUT2D eigenvalue weighted by Gasteiger charge is -2.18. The molecule has 1 aromatic carbocycles. The van der Waals surface area contributed by atoms with Crippen LogP contribution in [0.5, 0.6) is 0 Å². The molecule has 1 heterocycles. The molecule has 0 radical (unpaired) electrons. The van der Waals surface area contributed by atoms with Gasteiger partial charge >= 0.3 is 5.97 Å². The third-order valence-corrected chi connectivity index (χ3v) is 3.47. The number of Topliss-reactive ketones (excluding diaryl/α,β-unsaturated/α-hetero) is 1. The van der Waals surface area contributed by atoms with Crippen LogP contribution in [-0.4, -0.2) is 42.1 Å². The van der Waals surface area contributed by atoms with E-state index in [1.165, 1.54) is 6.92 Å². The molecule has 6 heteroatoms. The van der Waals surface area contributed by atoms with E-state index in [0.717, 1.165) is 17.6 Å². The minimum absolute atomic E-state index is 0.290. The zero-order chi connectivity index (χ0) is 15.7. The van der Waals surface area contributed by atoms with Gasteiger partial charge in [0.25, 0.3) is 11.8 Å². The molecule has 0 fully saturated rings. The van der Waals surface area contributed by atoms with Gasteiger partial charge in [0.15, 0.2) is 0 Å². The van der Waals surface area contributed by atoms with Gasteiger partial charge in [-0.05, 0) is 26.0 Å². The summed E-state index contributed by atoms with van der Waals surface area (Å²) in [6.07, 6.45) is 0. The van der Waals surface area contributed by atoms with Crippen LogP contribution >= 0.6 is 0 Å². The molecular weight excluding hydrogens is 274 g/mol. The number of nitrogens with zero attached hydrogens (tertiary/aromatic N) is 1. The molecule has 0 N–H and O–H groups in total. The van der Waals surface area contributed by atoms with Gasteiger partial charge in [0, 0.05) is 6.54 Å². The summed E-state index contributed by atoms with van der Waals surface area (Å²) in [4.78, 5) is 48.5. The third-order valence-electron chi connectivity index (χ3n) is 3.47. The summed E-state index contributed by atoms with van der Waals surface area (Å²) < 4.78 is 4.54. The fourth-order valence-corrected chi connectivity index (χ4v) is 2.26. The molecule has 1 aliphatic heterocycles. The molecule has 0 unspecified atom stereocenters. The Kier molecular flexibility index (Phi) is 3.88. The van der Waals surface area contributed by atoms with Gasteiger partial charge in [0.2, 0.25) is 0 Å². The second-order valence-electron chi connectivity index (χ2n) is 4.96. The normalized spacial score (nSPS) is 14.9. The first-order chi connectivity index (χ1) is 9.86. The topological polar surface area (TPSA) is 80.8 Å². The second kappa shape index (κ2) is 5.47. The van der Waals surface area contributed by atoms with Crippen molar-refractivity contribution in [3.05, 3.63) is 34.9 Å². The van der Waals surface area contributed by atoms with Crippen LogP contribution in [0.3, 0.4) is 0 Å². The molecule has 2 rings (SSSR count). The van der Waals surface area contributed by atoms with E-state index in [9.17, 15) is 19.2 Å². The van der Waals surface area contributed by atoms with Gasteiger partial charge in [0.1, 0.15) is 11.7 Å². The fraction of sp³-hybridized carbons (Fsp3) is 0.333. The summed E-state index contributed by atoms with van der Waals surface area (Å²) in [6, 6.07) is 4.93. The van der Waals surface area contributed by atoms with Gasteiger partial charge in [-0.15, -0.1) is 0 Å². The van der Waals surface area contributed by atoms with E-state index in [-0.39, 0.29) is 12.1 Å². The summed E-state index contributed by atoms with van der Waals surface area (Å²) in [6.45, 7) is 2.74. The van der Waals surface area contributed by atoms with Crippen molar-refractivity contribution in [3.63, 3.8) is 0 Å². The van der Waals surface area contributed by atoms with E-state index in [1.54, 1.807) is 18.2 Å². The highest BCUT2D eigenvalue weighted by Crippen LogP contribution is 2.25. The molecule has 1 atom stereocenters. The summed E-state index contributed by atoms with van der Waals surface area (Å²) in [5, 5.41) is 0. The van der Waals surface area contributed by atoms with Crippen LogP contribution in [0.25, 0.3) is 0 Å². The Hall–Kier alpha value is -2.50. The molecule has 0 aromatic heterocycles. The zero-order valence-electron chi connectivity index (χ0n) is 12.0. The highest BCUT2D eigenvalue weighted by molar-refractivity contribution is 6.21. The maximum atomic E-state index is 12.3. The number of carbonyl (C=O) groups is 4. The summed E-state index contributed by atoms with van der Waals surface area (Å²) in [7, 11) is 1.16. The number of carbonyl (C=O) groups excluding carboxylic acids is 4. The monoisotopic (exact) mass is 289 g/mol. The highest BCUT2D eigenvalue weighted by atomic mass is 16.5. The van der Waals surface area contributed by atoms with Crippen LogP contribution in [0.15, 0.2) is 18.2 Å². The number of hydrogen-bond donors (Lipinski definition) is 0. The second-order valence-corrected chi connectivity index (χ2v) is 4.96. The molecule has 0 aliphatic carbocycles. The van der Waals surface area contributed by atoms with Gasteiger partial charge in [-0.25, -0.2) is 0 Å². The number of rotatable bonds is 4. The maximum absolute atomic E-state index is 12.3. The minimum atomic E-state index is -1.15. The van der Waals surface area contributed by atoms with Crippen LogP contribution in [0.2, 0.25) is 0 Å². The Morgan fingerprint density at radius 3 is 2.38 bits per heavy atom. The van der Waals surface area contributed by atoms with Crippen LogP contribution in [-0.2, 0) is 14.3 Å². The van der Waals surface area contributed by atoms with Crippen LogP contribution in [0.1, 0.15) is 33.2 Å². The molecule has 1 aliphatic rings. The van der Waals surface area contributed by atoms with Crippen molar-refractivity contribution in [2.24, 2.45) is 5.92 Å². The van der Waals surface area contributed by atoms with Gasteiger partial charge < -0.3 is 4.74 Å². The predicted octanol–water partition coefficient (Wildman–Crippen LogP) is 0.969. The van der Waals surface area contributed by atoms with E-state index in [4.69, 9.17) is 0 Å². The Morgan fingerprint density at radius 1 is 1.19 bits per heavy atom. The van der Waals surface area contributed by atoms with Gasteiger partial charge in [-0.1, -0.05) is 11.6 Å². The zero-order valence-corrected chi connectivity index (χ0v) is 12.0. The van der Waals surface area contributed by atoms with Crippen molar-refractivity contribution in [1.29, 1.82) is 0 Å². The number of hydrogen-bond acceptors (Lipinski definition) is 5. The lowest BCUT2D eigenvalue weighted by Crippen LogP contribution is -2.40. The van der Waals surface area contributed by atoms with Gasteiger partial charge in [0.05, 0.1) is 18.2 Å². The quantitative estimate of drug-likeness (QED) is 0.468. The molecule has 0 bridgehead atoms. The first kappa shape index (κ1) is 14.9. The van der Waals surface area contributed by atoms with Crippen LogP contribution < -0.4 is 0 Å². The largest absolute Gasteiger partial charge is 0.468 e. The Labute approximate surface area is 121 Å². The molecule has 1 aromatic rings. The number of methoxy groups -OCH3 is 1. The van der Waals surface area contributed by atoms with E-state index in [1.807, 2.05) is 6.92 Å². The lowest BCUT2D eigenvalue weighted by molar-refractivity contribution is -0.149. The van der Waals surface area contributed by atoms with E-state index in [0.29, 0.717) is 5.56 Å². The van der Waals surface area contributed by atoms with Crippen molar-refractivity contribution in [2.75, 3.05) is 13.7 Å². The highest BCUT2D eigenvalue weighted by Gasteiger charge is 2.39. The summed E-state index contributed by atoms with van der Waals surface area (Å²) in [5.74, 6) is -3.35. The summed E-state index contributed by atoms with van der Waals surface area (Å²) >= 11 is 0. The minimum Gasteiger partial charge on any atom is -0.468 e. The Balaban J connectivity index is 2.31. The Bertz CT molecular complexity index is 649. The number of benzene rings is 1. The number of esters is 1. The summed E-state index contributed by atoms with van der Waals surface area (Å²) in [5.41, 5.74) is 1.44. The fourth-order valence-electron chi connectivity index (χ4n) is 2.26. The number of imide groups is 1. The van der Waals surface area contributed by atoms with Crippen molar-refractivity contribution in [2.45, 2.75) is 13.8 Å². The smallest absolute Gasteiger partial charge is 0.318 e. The molecule has 21 heavy (non-hydrogen) atoms. The molecule has 0 saturated carbocycles. The number of aryl methyl sites for hydroxylation is 1. The molecular formula is C15H15NO5. The number of amides is 2. The van der Waals surface area contributed by atoms with Crippen molar-refractivity contribution < 1.29 is 23.9 Å². The van der Waals surface area contributed by atoms with Crippen LogP contribution in [0.4, 0.5) is 0 Å². The van der Waals surface area contributed by atoms with Gasteiger partial charge in [-0.3, -0.25) is 24.1 Å². The lowest BCUT2D eigenvalue weighted by atomic mass is 10.1. The molecule has 2 amide bonds. The third kappa shape index (κ3) is 2.56. The average molecular weight is 289 g/mol. The first-order valence-electron chi connectivity index (χ1n) is 6.42. The molecule has 0 spiro atoms. The van der Waals surface area contributed by atoms with Crippen LogP contribution in [0, 0.1) is 12.8 Å². The maximum Gasteiger partial charge on any atom is 0.318 e. The van der Waals surface area contributed by atoms with Crippen molar-refractivity contribution in [3.8, 4) is 0 Å². The number of ether oxygens (including phenoxy) is 1.